The molecule has 0 atom stereocenters. The number of aliphatic hydroxyl groups excluding tert-OH is 1. The topological polar surface area (TPSA) is 23.5 Å². The van der Waals surface area contributed by atoms with E-state index in [9.17, 15) is 0 Å². The van der Waals surface area contributed by atoms with Crippen LogP contribution in [0.1, 0.15) is 6.42 Å². The largest absolute Gasteiger partial charge is 0.392 e. The van der Waals surface area contributed by atoms with Crippen molar-refractivity contribution in [1.82, 2.24) is 4.90 Å². The fourth-order valence-electron chi connectivity index (χ4n) is 0.956. The van der Waals surface area contributed by atoms with Crippen molar-refractivity contribution in [3.63, 3.8) is 0 Å². The van der Waals surface area contributed by atoms with Crippen LogP contribution in [0.25, 0.3) is 0 Å². The lowest BCUT2D eigenvalue weighted by Crippen LogP contribution is -2.24. The monoisotopic (exact) mass is 127 g/mol. The van der Waals surface area contributed by atoms with Crippen LogP contribution in [0.2, 0.25) is 0 Å². The average Bonchev–Trinajstić information content (AvgIpc) is 1.90. The Morgan fingerprint density at radius 1 is 1.78 bits per heavy atom. The Labute approximate surface area is 55.8 Å². The molecule has 1 aliphatic rings. The first kappa shape index (κ1) is 6.78. The molecule has 0 spiro atoms. The molecule has 0 aromatic rings. The molecule has 0 fully saturated rings. The molecular weight excluding hydrogens is 114 g/mol. The minimum atomic E-state index is 0.244. The molecular formula is C7H13NO. The maximum atomic E-state index is 8.69. The molecule has 0 bridgehead atoms. The van der Waals surface area contributed by atoms with Gasteiger partial charge in [-0.15, -0.1) is 0 Å². The summed E-state index contributed by atoms with van der Waals surface area (Å²) in [7, 11) is 2.09. The molecule has 0 aromatic carbocycles. The second-order valence-electron chi connectivity index (χ2n) is 2.53. The summed E-state index contributed by atoms with van der Waals surface area (Å²) in [5, 5.41) is 8.69. The van der Waals surface area contributed by atoms with E-state index in [1.807, 2.05) is 0 Å². The van der Waals surface area contributed by atoms with Crippen molar-refractivity contribution in [2.24, 2.45) is 0 Å². The fraction of sp³-hybridized carbons (Fsp3) is 0.714. The normalized spacial score (nSPS) is 21.8. The summed E-state index contributed by atoms with van der Waals surface area (Å²) in [5.41, 5.74) is 1.19. The van der Waals surface area contributed by atoms with Crippen molar-refractivity contribution >= 4 is 0 Å². The van der Waals surface area contributed by atoms with Gasteiger partial charge in [-0.05, 0) is 19.0 Å². The highest BCUT2D eigenvalue weighted by Gasteiger charge is 2.04. The number of likely N-dealkylation sites (N-methyl/N-ethyl adjacent to an activating group) is 1. The molecule has 1 N–H and O–H groups in total. The Morgan fingerprint density at radius 2 is 2.56 bits per heavy atom. The molecule has 0 saturated carbocycles. The first-order valence-corrected chi connectivity index (χ1v) is 3.30. The summed E-state index contributed by atoms with van der Waals surface area (Å²) in [4.78, 5) is 2.24. The van der Waals surface area contributed by atoms with Gasteiger partial charge in [0.25, 0.3) is 0 Å². The third-order valence-corrected chi connectivity index (χ3v) is 1.71. The van der Waals surface area contributed by atoms with Crippen LogP contribution >= 0.6 is 0 Å². The molecule has 2 heteroatoms. The molecule has 0 aliphatic carbocycles. The molecule has 1 rings (SSSR count). The Balaban J connectivity index is 2.40. The first-order valence-electron chi connectivity index (χ1n) is 3.30. The van der Waals surface area contributed by atoms with Crippen LogP contribution < -0.4 is 0 Å². The van der Waals surface area contributed by atoms with Crippen molar-refractivity contribution in [1.29, 1.82) is 0 Å². The lowest BCUT2D eigenvalue weighted by molar-refractivity contribution is 0.300. The van der Waals surface area contributed by atoms with Gasteiger partial charge in [0.05, 0.1) is 6.61 Å². The zero-order valence-corrected chi connectivity index (χ0v) is 5.80. The zero-order chi connectivity index (χ0) is 6.69. The summed E-state index contributed by atoms with van der Waals surface area (Å²) in [6.45, 7) is 2.33. The van der Waals surface area contributed by atoms with Crippen LogP contribution in [-0.2, 0) is 0 Å². The molecule has 0 unspecified atom stereocenters. The van der Waals surface area contributed by atoms with Crippen LogP contribution in [0.4, 0.5) is 0 Å². The molecule has 9 heavy (non-hydrogen) atoms. The van der Waals surface area contributed by atoms with Gasteiger partial charge in [0.1, 0.15) is 0 Å². The SMILES string of the molecule is CN1CC=C(CO)CC1. The Hall–Kier alpha value is -0.340. The van der Waals surface area contributed by atoms with Gasteiger partial charge >= 0.3 is 0 Å². The van der Waals surface area contributed by atoms with E-state index >= 15 is 0 Å². The third-order valence-electron chi connectivity index (χ3n) is 1.71. The summed E-state index contributed by atoms with van der Waals surface area (Å²) in [6, 6.07) is 0. The maximum Gasteiger partial charge on any atom is 0.0642 e. The van der Waals surface area contributed by atoms with Gasteiger partial charge < -0.3 is 10.0 Å². The van der Waals surface area contributed by atoms with E-state index < -0.39 is 0 Å². The zero-order valence-electron chi connectivity index (χ0n) is 5.80. The number of hydrogen-bond acceptors (Lipinski definition) is 2. The van der Waals surface area contributed by atoms with Crippen LogP contribution in [0.15, 0.2) is 11.6 Å². The van der Waals surface area contributed by atoms with Crippen molar-refractivity contribution in [3.8, 4) is 0 Å². The molecule has 52 valence electrons. The van der Waals surface area contributed by atoms with Gasteiger partial charge in [-0.25, -0.2) is 0 Å². The van der Waals surface area contributed by atoms with Crippen molar-refractivity contribution in [2.75, 3.05) is 26.7 Å². The standard InChI is InChI=1S/C7H13NO/c1-8-4-2-7(6-9)3-5-8/h2,9H,3-6H2,1H3. The van der Waals surface area contributed by atoms with Gasteiger partial charge in [0, 0.05) is 13.1 Å². The Morgan fingerprint density at radius 3 is 3.00 bits per heavy atom. The van der Waals surface area contributed by atoms with Crippen LogP contribution in [0.5, 0.6) is 0 Å². The van der Waals surface area contributed by atoms with E-state index in [-0.39, 0.29) is 6.61 Å². The van der Waals surface area contributed by atoms with E-state index in [1.54, 1.807) is 0 Å². The average molecular weight is 127 g/mol. The predicted molar refractivity (Wildman–Crippen MR) is 37.3 cm³/mol. The molecule has 0 amide bonds. The van der Waals surface area contributed by atoms with Crippen LogP contribution in [-0.4, -0.2) is 36.8 Å². The second kappa shape index (κ2) is 2.99. The first-order chi connectivity index (χ1) is 4.33. The summed E-state index contributed by atoms with van der Waals surface area (Å²) < 4.78 is 0. The number of aliphatic hydroxyl groups is 1. The summed E-state index contributed by atoms with van der Waals surface area (Å²) in [6.07, 6.45) is 3.14. The highest BCUT2D eigenvalue weighted by atomic mass is 16.3. The number of nitrogens with zero attached hydrogens (tertiary/aromatic N) is 1. The number of hydrogen-bond donors (Lipinski definition) is 1. The van der Waals surface area contributed by atoms with Crippen LogP contribution in [0.3, 0.4) is 0 Å². The molecule has 0 aromatic heterocycles. The van der Waals surface area contributed by atoms with Crippen molar-refractivity contribution in [2.45, 2.75) is 6.42 Å². The van der Waals surface area contributed by atoms with Gasteiger partial charge in [-0.3, -0.25) is 0 Å². The lowest BCUT2D eigenvalue weighted by Gasteiger charge is -2.20. The Bertz CT molecular complexity index is 120. The van der Waals surface area contributed by atoms with E-state index in [4.69, 9.17) is 5.11 Å². The molecule has 0 saturated heterocycles. The Kier molecular flexibility index (Phi) is 2.25. The fourth-order valence-corrected chi connectivity index (χ4v) is 0.956. The predicted octanol–water partition coefficient (Wildman–Crippen LogP) is 0.241. The molecule has 2 nitrogen and oxygen atoms in total. The third kappa shape index (κ3) is 1.80. The second-order valence-corrected chi connectivity index (χ2v) is 2.53. The maximum absolute atomic E-state index is 8.69. The summed E-state index contributed by atoms with van der Waals surface area (Å²) >= 11 is 0. The minimum absolute atomic E-state index is 0.244. The smallest absolute Gasteiger partial charge is 0.0642 e. The van der Waals surface area contributed by atoms with Gasteiger partial charge in [-0.2, -0.15) is 0 Å². The van der Waals surface area contributed by atoms with E-state index in [1.165, 1.54) is 5.57 Å². The molecule has 1 heterocycles. The highest BCUT2D eigenvalue weighted by Crippen LogP contribution is 2.06. The van der Waals surface area contributed by atoms with Crippen molar-refractivity contribution < 1.29 is 5.11 Å². The van der Waals surface area contributed by atoms with Crippen molar-refractivity contribution in [3.05, 3.63) is 11.6 Å². The summed E-state index contributed by atoms with van der Waals surface area (Å²) in [5.74, 6) is 0. The highest BCUT2D eigenvalue weighted by molar-refractivity contribution is 5.06. The van der Waals surface area contributed by atoms with Crippen LogP contribution in [0, 0.1) is 0 Å². The van der Waals surface area contributed by atoms with E-state index in [0.29, 0.717) is 0 Å². The van der Waals surface area contributed by atoms with Gasteiger partial charge in [0.15, 0.2) is 0 Å². The minimum Gasteiger partial charge on any atom is -0.392 e. The van der Waals surface area contributed by atoms with E-state index in [0.717, 1.165) is 19.5 Å². The quantitative estimate of drug-likeness (QED) is 0.510. The van der Waals surface area contributed by atoms with Gasteiger partial charge in [-0.1, -0.05) is 6.08 Å². The molecule has 0 radical (unpaired) electrons. The van der Waals surface area contributed by atoms with E-state index in [2.05, 4.69) is 18.0 Å². The van der Waals surface area contributed by atoms with Gasteiger partial charge in [0.2, 0.25) is 0 Å². The lowest BCUT2D eigenvalue weighted by atomic mass is 10.1. The number of rotatable bonds is 1. The molecule has 1 aliphatic heterocycles.